The van der Waals surface area contributed by atoms with Crippen LogP contribution < -0.4 is 5.84 Å². The molecule has 0 fully saturated rings. The largest absolute Gasteiger partial charge is 0.469 e. The number of aliphatic imine (C=N–C) groups is 1. The Bertz CT molecular complexity index is 1280. The number of methoxy groups -OCH3 is 1. The van der Waals surface area contributed by atoms with Gasteiger partial charge in [-0.3, -0.25) is 4.79 Å². The Kier molecular flexibility index (Phi) is 7.88. The summed E-state index contributed by atoms with van der Waals surface area (Å²) in [5, 5.41) is 8.30. The molecule has 0 amide bonds. The number of halogens is 1. The SMILES string of the molecule is COC(=O)Cc1cc(Cl)ccc1C(N=NN)=NC(c1ccccc1)(c1ccccc1)c1ccccc1. The second-order valence-corrected chi connectivity index (χ2v) is 8.45. The highest BCUT2D eigenvalue weighted by molar-refractivity contribution is 6.30. The molecule has 0 heterocycles. The van der Waals surface area contributed by atoms with Gasteiger partial charge in [0, 0.05) is 10.6 Å². The molecule has 0 aliphatic rings. The number of ether oxygens (including phenoxy) is 1. The first-order valence-corrected chi connectivity index (χ1v) is 11.7. The first-order chi connectivity index (χ1) is 17.6. The second kappa shape index (κ2) is 11.4. The Balaban J connectivity index is 2.08. The Hall–Kier alpha value is -4.29. The third kappa shape index (κ3) is 5.19. The van der Waals surface area contributed by atoms with Crippen molar-refractivity contribution in [2.45, 2.75) is 12.0 Å². The highest BCUT2D eigenvalue weighted by Gasteiger charge is 2.37. The number of amidine groups is 1. The normalized spacial score (nSPS) is 12.0. The molecule has 0 bridgehead atoms. The maximum atomic E-state index is 12.2. The molecule has 4 aromatic rings. The fourth-order valence-corrected chi connectivity index (χ4v) is 4.43. The molecule has 0 aromatic heterocycles. The number of carbonyl (C=O) groups excluding carboxylic acids is 1. The predicted molar refractivity (Wildman–Crippen MR) is 142 cm³/mol. The molecule has 0 aliphatic carbocycles. The van der Waals surface area contributed by atoms with Gasteiger partial charge in [-0.25, -0.2) is 4.99 Å². The standard InChI is InChI=1S/C29H25ClN4O2/c1-36-27(35)20-21-19-25(30)17-18-26(21)28(33-34-31)32-29(22-11-5-2-6-12-22,23-13-7-3-8-14-23)24-15-9-4-10-16-24/h2-19H,20H2,1H3,(H2,31,32,33). The third-order valence-corrected chi connectivity index (χ3v) is 6.11. The van der Waals surface area contributed by atoms with Crippen molar-refractivity contribution in [2.75, 3.05) is 7.11 Å². The van der Waals surface area contributed by atoms with E-state index in [4.69, 9.17) is 27.2 Å². The smallest absolute Gasteiger partial charge is 0.310 e. The lowest BCUT2D eigenvalue weighted by molar-refractivity contribution is -0.139. The minimum absolute atomic E-state index is 0.0134. The molecule has 7 heteroatoms. The lowest BCUT2D eigenvalue weighted by Crippen LogP contribution is -2.29. The van der Waals surface area contributed by atoms with Crippen molar-refractivity contribution in [3.05, 3.63) is 142 Å². The summed E-state index contributed by atoms with van der Waals surface area (Å²) < 4.78 is 4.90. The lowest BCUT2D eigenvalue weighted by Gasteiger charge is -2.32. The van der Waals surface area contributed by atoms with Crippen LogP contribution in [0.25, 0.3) is 0 Å². The molecule has 0 unspecified atom stereocenters. The quantitative estimate of drug-likeness (QED) is 0.0635. The average molecular weight is 497 g/mol. The number of rotatable bonds is 7. The lowest BCUT2D eigenvalue weighted by atomic mass is 9.77. The number of nitrogens with zero attached hydrogens (tertiary/aromatic N) is 3. The van der Waals surface area contributed by atoms with E-state index in [0.29, 0.717) is 16.1 Å². The Morgan fingerprint density at radius 1 is 0.833 bits per heavy atom. The highest BCUT2D eigenvalue weighted by Crippen LogP contribution is 2.41. The molecule has 6 nitrogen and oxygen atoms in total. The van der Waals surface area contributed by atoms with Gasteiger partial charge in [0.05, 0.1) is 13.5 Å². The van der Waals surface area contributed by atoms with Gasteiger partial charge in [-0.15, -0.1) is 5.11 Å². The van der Waals surface area contributed by atoms with Crippen LogP contribution in [0.3, 0.4) is 0 Å². The molecule has 0 spiro atoms. The van der Waals surface area contributed by atoms with Gasteiger partial charge in [0.2, 0.25) is 0 Å². The Morgan fingerprint density at radius 2 is 1.33 bits per heavy atom. The number of hydrogen-bond acceptors (Lipinski definition) is 4. The minimum Gasteiger partial charge on any atom is -0.469 e. The summed E-state index contributed by atoms with van der Waals surface area (Å²) in [4.78, 5) is 17.5. The van der Waals surface area contributed by atoms with Gasteiger partial charge in [0.15, 0.2) is 5.84 Å². The molecule has 2 N–H and O–H groups in total. The first kappa shape index (κ1) is 24.8. The van der Waals surface area contributed by atoms with Gasteiger partial charge in [-0.2, -0.15) is 0 Å². The molecule has 0 aliphatic heterocycles. The molecular weight excluding hydrogens is 472 g/mol. The van der Waals surface area contributed by atoms with Crippen LogP contribution >= 0.6 is 11.6 Å². The zero-order valence-electron chi connectivity index (χ0n) is 19.7. The van der Waals surface area contributed by atoms with Crippen molar-refractivity contribution >= 4 is 23.4 Å². The summed E-state index contributed by atoms with van der Waals surface area (Å²) in [7, 11) is 1.34. The van der Waals surface area contributed by atoms with Gasteiger partial charge < -0.3 is 10.6 Å². The third-order valence-electron chi connectivity index (χ3n) is 5.87. The topological polar surface area (TPSA) is 89.4 Å². The second-order valence-electron chi connectivity index (χ2n) is 8.01. The van der Waals surface area contributed by atoms with Crippen molar-refractivity contribution < 1.29 is 9.53 Å². The summed E-state index contributed by atoms with van der Waals surface area (Å²) in [6.45, 7) is 0. The summed E-state index contributed by atoms with van der Waals surface area (Å²) in [6, 6.07) is 35.1. The van der Waals surface area contributed by atoms with Gasteiger partial charge in [0.1, 0.15) is 5.54 Å². The maximum absolute atomic E-state index is 12.2. The van der Waals surface area contributed by atoms with Crippen LogP contribution in [0.1, 0.15) is 27.8 Å². The highest BCUT2D eigenvalue weighted by atomic mass is 35.5. The summed E-state index contributed by atoms with van der Waals surface area (Å²) in [6.07, 6.45) is -0.0134. The van der Waals surface area contributed by atoms with Crippen LogP contribution in [0.4, 0.5) is 0 Å². The minimum atomic E-state index is -0.991. The summed E-state index contributed by atoms with van der Waals surface area (Å²) >= 11 is 6.28. The molecule has 0 radical (unpaired) electrons. The van der Waals surface area contributed by atoms with Gasteiger partial charge >= 0.3 is 5.97 Å². The van der Waals surface area contributed by atoms with E-state index in [2.05, 4.69) is 10.3 Å². The molecular formula is C29H25ClN4O2. The van der Waals surface area contributed by atoms with E-state index >= 15 is 0 Å². The van der Waals surface area contributed by atoms with Crippen LogP contribution in [0.15, 0.2) is 125 Å². The van der Waals surface area contributed by atoms with Crippen LogP contribution in [0.5, 0.6) is 0 Å². The monoisotopic (exact) mass is 496 g/mol. The van der Waals surface area contributed by atoms with Crippen molar-refractivity contribution in [1.29, 1.82) is 0 Å². The molecule has 4 rings (SSSR count). The Morgan fingerprint density at radius 3 is 1.78 bits per heavy atom. The zero-order valence-corrected chi connectivity index (χ0v) is 20.5. The number of hydrogen-bond donors (Lipinski definition) is 1. The first-order valence-electron chi connectivity index (χ1n) is 11.3. The predicted octanol–water partition coefficient (Wildman–Crippen LogP) is 6.12. The van der Waals surface area contributed by atoms with E-state index in [1.807, 2.05) is 91.0 Å². The summed E-state index contributed by atoms with van der Waals surface area (Å²) in [5.41, 5.74) is 2.96. The maximum Gasteiger partial charge on any atom is 0.310 e. The van der Waals surface area contributed by atoms with Crippen molar-refractivity contribution in [3.8, 4) is 0 Å². The molecule has 4 aromatic carbocycles. The van der Waals surface area contributed by atoms with E-state index in [0.717, 1.165) is 16.7 Å². The zero-order chi connectivity index (χ0) is 25.4. The van der Waals surface area contributed by atoms with E-state index in [9.17, 15) is 4.79 Å². The molecule has 0 saturated heterocycles. The fraction of sp³-hybridized carbons (Fsp3) is 0.103. The van der Waals surface area contributed by atoms with Crippen LogP contribution in [-0.4, -0.2) is 18.9 Å². The molecule has 0 atom stereocenters. The van der Waals surface area contributed by atoms with E-state index in [-0.39, 0.29) is 12.3 Å². The number of nitrogens with two attached hydrogens (primary N) is 1. The van der Waals surface area contributed by atoms with E-state index in [1.54, 1.807) is 18.2 Å². The van der Waals surface area contributed by atoms with Crippen molar-refractivity contribution in [2.24, 2.45) is 21.2 Å². The van der Waals surface area contributed by atoms with Crippen LogP contribution in [-0.2, 0) is 21.5 Å². The van der Waals surface area contributed by atoms with Crippen LogP contribution in [0.2, 0.25) is 5.02 Å². The molecule has 180 valence electrons. The van der Waals surface area contributed by atoms with E-state index < -0.39 is 11.5 Å². The molecule has 36 heavy (non-hydrogen) atoms. The van der Waals surface area contributed by atoms with E-state index in [1.165, 1.54) is 7.11 Å². The van der Waals surface area contributed by atoms with Gasteiger partial charge in [-0.05, 0) is 40.5 Å². The van der Waals surface area contributed by atoms with Gasteiger partial charge in [0.25, 0.3) is 0 Å². The van der Waals surface area contributed by atoms with Crippen molar-refractivity contribution in [1.82, 2.24) is 0 Å². The number of esters is 1. The summed E-state index contributed by atoms with van der Waals surface area (Å²) in [5.74, 6) is 5.41. The number of carbonyl (C=O) groups is 1. The van der Waals surface area contributed by atoms with Crippen LogP contribution in [0, 0.1) is 0 Å². The van der Waals surface area contributed by atoms with Gasteiger partial charge in [-0.1, -0.05) is 108 Å². The molecule has 0 saturated carbocycles. The number of benzene rings is 4. The average Bonchev–Trinajstić information content (AvgIpc) is 2.93. The van der Waals surface area contributed by atoms with Crippen molar-refractivity contribution in [3.63, 3.8) is 0 Å². The Labute approximate surface area is 215 Å². The fourth-order valence-electron chi connectivity index (χ4n) is 4.24.